The second kappa shape index (κ2) is 5.87. The number of halogens is 1. The third-order valence-electron chi connectivity index (χ3n) is 3.35. The Labute approximate surface area is 124 Å². The maximum atomic E-state index is 11.8. The SMILES string of the molecule is O=C(CNC1(C(=O)O)CCC1)Nc1ccccc1I. The topological polar surface area (TPSA) is 78.4 Å². The van der Waals surface area contributed by atoms with E-state index < -0.39 is 11.5 Å². The van der Waals surface area contributed by atoms with E-state index in [9.17, 15) is 9.59 Å². The Hall–Kier alpha value is -1.15. The van der Waals surface area contributed by atoms with Crippen molar-refractivity contribution in [1.82, 2.24) is 5.32 Å². The molecule has 19 heavy (non-hydrogen) atoms. The number of para-hydroxylation sites is 1. The number of anilines is 1. The molecule has 5 nitrogen and oxygen atoms in total. The molecule has 0 aromatic heterocycles. The molecule has 0 unspecified atom stereocenters. The van der Waals surface area contributed by atoms with E-state index in [1.165, 1.54) is 0 Å². The number of carboxylic acids is 1. The summed E-state index contributed by atoms with van der Waals surface area (Å²) in [4.78, 5) is 22.9. The van der Waals surface area contributed by atoms with Gasteiger partial charge in [-0.05, 0) is 54.0 Å². The minimum absolute atomic E-state index is 0.0112. The molecule has 3 N–H and O–H groups in total. The highest BCUT2D eigenvalue weighted by atomic mass is 127. The van der Waals surface area contributed by atoms with Gasteiger partial charge in [-0.25, -0.2) is 0 Å². The zero-order valence-electron chi connectivity index (χ0n) is 10.3. The molecule has 1 saturated carbocycles. The molecule has 1 aromatic rings. The van der Waals surface area contributed by atoms with Crippen molar-refractivity contribution >= 4 is 40.2 Å². The first-order valence-electron chi connectivity index (χ1n) is 6.06. The van der Waals surface area contributed by atoms with Gasteiger partial charge in [-0.3, -0.25) is 14.9 Å². The van der Waals surface area contributed by atoms with Gasteiger partial charge in [0.15, 0.2) is 0 Å². The van der Waals surface area contributed by atoms with Crippen LogP contribution in [-0.4, -0.2) is 29.1 Å². The number of aliphatic carboxylic acids is 1. The highest BCUT2D eigenvalue weighted by Crippen LogP contribution is 2.31. The Morgan fingerprint density at radius 3 is 2.53 bits per heavy atom. The van der Waals surface area contributed by atoms with E-state index in [4.69, 9.17) is 5.11 Å². The average molecular weight is 374 g/mol. The van der Waals surface area contributed by atoms with Crippen LogP contribution in [0.1, 0.15) is 19.3 Å². The molecule has 0 heterocycles. The molecule has 0 atom stereocenters. The van der Waals surface area contributed by atoms with Crippen LogP contribution in [0.2, 0.25) is 0 Å². The summed E-state index contributed by atoms with van der Waals surface area (Å²) in [6.45, 7) is 0.0112. The molecule has 1 aliphatic carbocycles. The number of carbonyl (C=O) groups excluding carboxylic acids is 1. The highest BCUT2D eigenvalue weighted by Gasteiger charge is 2.44. The van der Waals surface area contributed by atoms with Crippen LogP contribution >= 0.6 is 22.6 Å². The van der Waals surface area contributed by atoms with Crippen LogP contribution in [0.15, 0.2) is 24.3 Å². The molecule has 2 rings (SSSR count). The predicted octanol–water partition coefficient (Wildman–Crippen LogP) is 1.83. The summed E-state index contributed by atoms with van der Waals surface area (Å²) in [6.07, 6.45) is 2.05. The lowest BCUT2D eigenvalue weighted by Crippen LogP contribution is -2.58. The largest absolute Gasteiger partial charge is 0.480 e. The number of hydrogen-bond donors (Lipinski definition) is 3. The first-order valence-corrected chi connectivity index (χ1v) is 7.14. The number of nitrogens with one attached hydrogen (secondary N) is 2. The fraction of sp³-hybridized carbons (Fsp3) is 0.385. The zero-order chi connectivity index (χ0) is 13.9. The van der Waals surface area contributed by atoms with Crippen LogP contribution in [0, 0.1) is 3.57 Å². The van der Waals surface area contributed by atoms with Gasteiger partial charge in [0.25, 0.3) is 0 Å². The Morgan fingerprint density at radius 2 is 2.00 bits per heavy atom. The van der Waals surface area contributed by atoms with E-state index in [1.54, 1.807) is 0 Å². The van der Waals surface area contributed by atoms with Gasteiger partial charge in [0.05, 0.1) is 12.2 Å². The smallest absolute Gasteiger partial charge is 0.323 e. The number of carboxylic acid groups (broad SMARTS) is 1. The van der Waals surface area contributed by atoms with Gasteiger partial charge in [0.1, 0.15) is 5.54 Å². The maximum absolute atomic E-state index is 11.8. The molecule has 6 heteroatoms. The van der Waals surface area contributed by atoms with Crippen molar-refractivity contribution in [3.05, 3.63) is 27.8 Å². The molecule has 0 aliphatic heterocycles. The maximum Gasteiger partial charge on any atom is 0.323 e. The normalized spacial score (nSPS) is 16.5. The summed E-state index contributed by atoms with van der Waals surface area (Å²) < 4.78 is 0.949. The summed E-state index contributed by atoms with van der Waals surface area (Å²) in [7, 11) is 0. The molecular formula is C13H15IN2O3. The molecule has 0 bridgehead atoms. The number of benzene rings is 1. The van der Waals surface area contributed by atoms with Gasteiger partial charge in [-0.2, -0.15) is 0 Å². The third-order valence-corrected chi connectivity index (χ3v) is 4.29. The lowest BCUT2D eigenvalue weighted by molar-refractivity contribution is -0.148. The molecule has 1 aliphatic rings. The van der Waals surface area contributed by atoms with Crippen LogP contribution in [0.4, 0.5) is 5.69 Å². The number of rotatable bonds is 5. The lowest BCUT2D eigenvalue weighted by atomic mass is 9.77. The molecule has 0 spiro atoms. The minimum atomic E-state index is -0.902. The summed E-state index contributed by atoms with van der Waals surface area (Å²) in [5, 5.41) is 14.8. The first-order chi connectivity index (χ1) is 9.03. The van der Waals surface area contributed by atoms with Crippen molar-refractivity contribution < 1.29 is 14.7 Å². The van der Waals surface area contributed by atoms with Crippen molar-refractivity contribution in [3.8, 4) is 0 Å². The Bertz CT molecular complexity index is 500. The van der Waals surface area contributed by atoms with Gasteiger partial charge in [-0.1, -0.05) is 12.1 Å². The molecule has 1 amide bonds. The van der Waals surface area contributed by atoms with Crippen LogP contribution in [0.25, 0.3) is 0 Å². The minimum Gasteiger partial charge on any atom is -0.480 e. The van der Waals surface area contributed by atoms with Gasteiger partial charge in [0.2, 0.25) is 5.91 Å². The van der Waals surface area contributed by atoms with E-state index in [0.29, 0.717) is 12.8 Å². The fourth-order valence-electron chi connectivity index (χ4n) is 2.00. The van der Waals surface area contributed by atoms with Crippen molar-refractivity contribution in [3.63, 3.8) is 0 Å². The van der Waals surface area contributed by atoms with Crippen molar-refractivity contribution in [2.75, 3.05) is 11.9 Å². The second-order valence-corrected chi connectivity index (χ2v) is 5.78. The quantitative estimate of drug-likeness (QED) is 0.688. The average Bonchev–Trinajstić information content (AvgIpc) is 2.30. The van der Waals surface area contributed by atoms with Crippen molar-refractivity contribution in [2.24, 2.45) is 0 Å². The van der Waals surface area contributed by atoms with Crippen LogP contribution in [0.3, 0.4) is 0 Å². The highest BCUT2D eigenvalue weighted by molar-refractivity contribution is 14.1. The molecule has 1 fully saturated rings. The third kappa shape index (κ3) is 3.24. The summed E-state index contributed by atoms with van der Waals surface area (Å²) >= 11 is 2.14. The van der Waals surface area contributed by atoms with Crippen molar-refractivity contribution in [2.45, 2.75) is 24.8 Å². The summed E-state index contributed by atoms with van der Waals surface area (Å²) in [5.74, 6) is -1.10. The van der Waals surface area contributed by atoms with E-state index in [0.717, 1.165) is 15.7 Å². The van der Waals surface area contributed by atoms with E-state index in [-0.39, 0.29) is 12.5 Å². The first kappa shape index (κ1) is 14.3. The molecule has 0 radical (unpaired) electrons. The van der Waals surface area contributed by atoms with Gasteiger partial charge in [-0.15, -0.1) is 0 Å². The Balaban J connectivity index is 1.89. The lowest BCUT2D eigenvalue weighted by Gasteiger charge is -2.38. The van der Waals surface area contributed by atoms with Crippen LogP contribution in [0.5, 0.6) is 0 Å². The Kier molecular flexibility index (Phi) is 4.41. The standard InChI is InChI=1S/C13H15IN2O3/c14-9-4-1-2-5-10(9)16-11(17)8-15-13(12(18)19)6-3-7-13/h1-2,4-5,15H,3,6-8H2,(H,16,17)(H,18,19). The fourth-order valence-corrected chi connectivity index (χ4v) is 2.53. The Morgan fingerprint density at radius 1 is 1.32 bits per heavy atom. The van der Waals surface area contributed by atoms with E-state index in [2.05, 4.69) is 33.2 Å². The molecule has 0 saturated heterocycles. The van der Waals surface area contributed by atoms with Crippen LogP contribution < -0.4 is 10.6 Å². The van der Waals surface area contributed by atoms with Crippen LogP contribution in [-0.2, 0) is 9.59 Å². The zero-order valence-corrected chi connectivity index (χ0v) is 12.4. The number of hydrogen-bond acceptors (Lipinski definition) is 3. The number of carbonyl (C=O) groups is 2. The van der Waals surface area contributed by atoms with E-state index in [1.807, 2.05) is 24.3 Å². The molecule has 1 aromatic carbocycles. The summed E-state index contributed by atoms with van der Waals surface area (Å²) in [6, 6.07) is 7.45. The second-order valence-electron chi connectivity index (χ2n) is 4.62. The van der Waals surface area contributed by atoms with E-state index >= 15 is 0 Å². The predicted molar refractivity (Wildman–Crippen MR) is 80.0 cm³/mol. The van der Waals surface area contributed by atoms with Gasteiger partial charge >= 0.3 is 5.97 Å². The monoisotopic (exact) mass is 374 g/mol. The van der Waals surface area contributed by atoms with Crippen molar-refractivity contribution in [1.29, 1.82) is 0 Å². The molecular weight excluding hydrogens is 359 g/mol. The summed E-state index contributed by atoms with van der Waals surface area (Å²) in [5.41, 5.74) is -0.158. The number of amides is 1. The van der Waals surface area contributed by atoms with Gasteiger partial charge < -0.3 is 10.4 Å². The molecule has 102 valence electrons. The van der Waals surface area contributed by atoms with Gasteiger partial charge in [0, 0.05) is 3.57 Å².